The van der Waals surface area contributed by atoms with E-state index in [-0.39, 0.29) is 6.42 Å². The first kappa shape index (κ1) is 13.0. The van der Waals surface area contributed by atoms with E-state index in [1.54, 1.807) is 6.20 Å². The van der Waals surface area contributed by atoms with Gasteiger partial charge in [0, 0.05) is 23.6 Å². The van der Waals surface area contributed by atoms with Gasteiger partial charge in [0.05, 0.1) is 6.42 Å². The number of carboxylic acid groups (broad SMARTS) is 1. The van der Waals surface area contributed by atoms with Gasteiger partial charge in [-0.05, 0) is 28.4 Å². The van der Waals surface area contributed by atoms with Crippen LogP contribution in [-0.2, 0) is 17.8 Å². The van der Waals surface area contributed by atoms with Crippen molar-refractivity contribution in [2.75, 3.05) is 0 Å². The maximum atomic E-state index is 10.7. The summed E-state index contributed by atoms with van der Waals surface area (Å²) in [6.07, 6.45) is 3.59. The summed E-state index contributed by atoms with van der Waals surface area (Å²) in [5.41, 5.74) is 1.56. The summed E-state index contributed by atoms with van der Waals surface area (Å²) in [5, 5.41) is 8.79. The third-order valence-corrected chi connectivity index (χ3v) is 3.09. The highest BCUT2D eigenvalue weighted by molar-refractivity contribution is 9.10. The highest BCUT2D eigenvalue weighted by Gasteiger charge is 2.12. The van der Waals surface area contributed by atoms with E-state index >= 15 is 0 Å². The largest absolute Gasteiger partial charge is 0.481 e. The third kappa shape index (κ3) is 2.69. The quantitative estimate of drug-likeness (QED) is 0.921. The van der Waals surface area contributed by atoms with Gasteiger partial charge in [0.2, 0.25) is 0 Å². The Balaban J connectivity index is 2.44. The number of fused-ring (bicyclic) bond motifs is 1. The van der Waals surface area contributed by atoms with Crippen molar-refractivity contribution in [1.82, 2.24) is 14.5 Å². The van der Waals surface area contributed by atoms with Crippen LogP contribution in [-0.4, -0.2) is 25.6 Å². The molecule has 0 unspecified atom stereocenters. The van der Waals surface area contributed by atoms with Gasteiger partial charge in [-0.15, -0.1) is 0 Å². The Bertz CT molecular complexity index is 580. The van der Waals surface area contributed by atoms with Crippen LogP contribution in [0.25, 0.3) is 11.2 Å². The third-order valence-electron chi connectivity index (χ3n) is 2.65. The van der Waals surface area contributed by atoms with Crippen LogP contribution in [0.2, 0.25) is 0 Å². The minimum absolute atomic E-state index is 0.0833. The van der Waals surface area contributed by atoms with Gasteiger partial charge in [-0.3, -0.25) is 4.79 Å². The molecule has 0 fully saturated rings. The van der Waals surface area contributed by atoms with Crippen LogP contribution in [0, 0.1) is 0 Å². The maximum Gasteiger partial charge on any atom is 0.305 e. The Kier molecular flexibility index (Phi) is 3.96. The normalized spacial score (nSPS) is 11.0. The lowest BCUT2D eigenvalue weighted by atomic mass is 10.3. The lowest BCUT2D eigenvalue weighted by Gasteiger charge is -2.05. The molecule has 96 valence electrons. The van der Waals surface area contributed by atoms with Crippen molar-refractivity contribution in [2.24, 2.45) is 0 Å². The van der Waals surface area contributed by atoms with E-state index in [9.17, 15) is 4.79 Å². The molecule has 5 nitrogen and oxygen atoms in total. The Labute approximate surface area is 113 Å². The molecule has 18 heavy (non-hydrogen) atoms. The van der Waals surface area contributed by atoms with E-state index in [1.165, 1.54) is 0 Å². The van der Waals surface area contributed by atoms with Gasteiger partial charge in [0.25, 0.3) is 0 Å². The van der Waals surface area contributed by atoms with Gasteiger partial charge in [-0.1, -0.05) is 6.92 Å². The standard InChI is InChI=1S/C12H14BrN3O2/c1-2-3-10-15-9-6-8(13)7-14-12(9)16(10)5-4-11(17)18/h6-7H,2-5H2,1H3,(H,17,18). The molecule has 0 aliphatic rings. The number of carboxylic acids is 1. The van der Waals surface area contributed by atoms with E-state index in [2.05, 4.69) is 32.8 Å². The molecule has 2 aromatic heterocycles. The van der Waals surface area contributed by atoms with E-state index in [0.717, 1.165) is 34.3 Å². The zero-order chi connectivity index (χ0) is 13.1. The second-order valence-corrected chi connectivity index (χ2v) is 4.99. The first-order valence-corrected chi connectivity index (χ1v) is 6.63. The minimum Gasteiger partial charge on any atom is -0.481 e. The number of rotatable bonds is 5. The smallest absolute Gasteiger partial charge is 0.305 e. The van der Waals surface area contributed by atoms with Crippen molar-refractivity contribution in [2.45, 2.75) is 32.7 Å². The number of pyridine rings is 1. The number of aryl methyl sites for hydroxylation is 2. The van der Waals surface area contributed by atoms with Crippen molar-refractivity contribution >= 4 is 33.1 Å². The molecule has 2 heterocycles. The molecule has 0 saturated heterocycles. The van der Waals surface area contributed by atoms with E-state index < -0.39 is 5.97 Å². The zero-order valence-corrected chi connectivity index (χ0v) is 11.6. The van der Waals surface area contributed by atoms with Crippen molar-refractivity contribution in [3.05, 3.63) is 22.6 Å². The summed E-state index contributed by atoms with van der Waals surface area (Å²) in [6.45, 7) is 2.49. The van der Waals surface area contributed by atoms with Gasteiger partial charge in [0.15, 0.2) is 5.65 Å². The number of nitrogens with zero attached hydrogens (tertiary/aromatic N) is 3. The Morgan fingerprint density at radius 1 is 1.56 bits per heavy atom. The van der Waals surface area contributed by atoms with Crippen LogP contribution in [0.3, 0.4) is 0 Å². The fourth-order valence-electron chi connectivity index (χ4n) is 1.89. The molecule has 6 heteroatoms. The van der Waals surface area contributed by atoms with Crippen LogP contribution in [0.15, 0.2) is 16.7 Å². The molecule has 0 saturated carbocycles. The summed E-state index contributed by atoms with van der Waals surface area (Å²) in [5.74, 6) is 0.0933. The summed E-state index contributed by atoms with van der Waals surface area (Å²) in [6, 6.07) is 1.90. The molecule has 2 rings (SSSR count). The molecule has 1 N–H and O–H groups in total. The molecule has 2 aromatic rings. The number of halogens is 1. The molecular weight excluding hydrogens is 298 g/mol. The average Bonchev–Trinajstić information content (AvgIpc) is 2.63. The highest BCUT2D eigenvalue weighted by atomic mass is 79.9. The van der Waals surface area contributed by atoms with Crippen LogP contribution < -0.4 is 0 Å². The van der Waals surface area contributed by atoms with Crippen molar-refractivity contribution < 1.29 is 9.90 Å². The molecule has 0 radical (unpaired) electrons. The van der Waals surface area contributed by atoms with Gasteiger partial charge < -0.3 is 9.67 Å². The Morgan fingerprint density at radius 2 is 2.33 bits per heavy atom. The summed E-state index contributed by atoms with van der Waals surface area (Å²) >= 11 is 3.36. The fraction of sp³-hybridized carbons (Fsp3) is 0.417. The Hall–Kier alpha value is -1.43. The molecular formula is C12H14BrN3O2. The number of carbonyl (C=O) groups is 1. The van der Waals surface area contributed by atoms with Gasteiger partial charge in [0.1, 0.15) is 11.3 Å². The van der Waals surface area contributed by atoms with Crippen molar-refractivity contribution in [1.29, 1.82) is 0 Å². The summed E-state index contributed by atoms with van der Waals surface area (Å²) in [4.78, 5) is 19.5. The Morgan fingerprint density at radius 3 is 3.00 bits per heavy atom. The number of aromatic nitrogens is 3. The van der Waals surface area contributed by atoms with Gasteiger partial charge in [-0.25, -0.2) is 9.97 Å². The number of hydrogen-bond donors (Lipinski definition) is 1. The van der Waals surface area contributed by atoms with Crippen LogP contribution in [0.5, 0.6) is 0 Å². The van der Waals surface area contributed by atoms with Crippen molar-refractivity contribution in [3.8, 4) is 0 Å². The minimum atomic E-state index is -0.809. The maximum absolute atomic E-state index is 10.7. The number of aliphatic carboxylic acids is 1. The number of hydrogen-bond acceptors (Lipinski definition) is 3. The predicted octanol–water partition coefficient (Wildman–Crippen LogP) is 2.62. The lowest BCUT2D eigenvalue weighted by molar-refractivity contribution is -0.137. The zero-order valence-electron chi connectivity index (χ0n) is 10.1. The molecule has 0 bridgehead atoms. The molecule has 0 spiro atoms. The topological polar surface area (TPSA) is 68.0 Å². The second-order valence-electron chi connectivity index (χ2n) is 4.07. The molecule has 0 atom stereocenters. The predicted molar refractivity (Wildman–Crippen MR) is 71.5 cm³/mol. The lowest BCUT2D eigenvalue weighted by Crippen LogP contribution is -2.08. The molecule has 0 aromatic carbocycles. The first-order chi connectivity index (χ1) is 8.61. The monoisotopic (exact) mass is 311 g/mol. The first-order valence-electron chi connectivity index (χ1n) is 5.84. The second kappa shape index (κ2) is 5.48. The molecule has 0 aliphatic heterocycles. The summed E-state index contributed by atoms with van der Waals surface area (Å²) in [7, 11) is 0. The van der Waals surface area contributed by atoms with Crippen LogP contribution in [0.4, 0.5) is 0 Å². The van der Waals surface area contributed by atoms with Crippen LogP contribution in [0.1, 0.15) is 25.6 Å². The number of imidazole rings is 1. The van der Waals surface area contributed by atoms with E-state index in [0.29, 0.717) is 6.54 Å². The highest BCUT2D eigenvalue weighted by Crippen LogP contribution is 2.19. The van der Waals surface area contributed by atoms with E-state index in [4.69, 9.17) is 5.11 Å². The fourth-order valence-corrected chi connectivity index (χ4v) is 2.21. The molecule has 0 aliphatic carbocycles. The van der Waals surface area contributed by atoms with E-state index in [1.807, 2.05) is 10.6 Å². The SMILES string of the molecule is CCCc1nc2cc(Br)cnc2n1CCC(=O)O. The summed E-state index contributed by atoms with van der Waals surface area (Å²) < 4.78 is 2.78. The molecule has 0 amide bonds. The van der Waals surface area contributed by atoms with Crippen molar-refractivity contribution in [3.63, 3.8) is 0 Å². The van der Waals surface area contributed by atoms with Gasteiger partial charge >= 0.3 is 5.97 Å². The van der Waals surface area contributed by atoms with Crippen LogP contribution >= 0.6 is 15.9 Å². The van der Waals surface area contributed by atoms with Gasteiger partial charge in [-0.2, -0.15) is 0 Å². The average molecular weight is 312 g/mol.